The molecule has 5 rings (SSSR count). The molecule has 1 amide bonds. The van der Waals surface area contributed by atoms with Crippen molar-refractivity contribution in [2.75, 3.05) is 11.9 Å². The van der Waals surface area contributed by atoms with Crippen LogP contribution in [0, 0.1) is 6.92 Å². The van der Waals surface area contributed by atoms with Crippen LogP contribution < -0.4 is 10.2 Å². The quantitative estimate of drug-likeness (QED) is 0.410. The van der Waals surface area contributed by atoms with Gasteiger partial charge in [-0.3, -0.25) is 4.79 Å². The third-order valence-electron chi connectivity index (χ3n) is 6.31. The Hall–Kier alpha value is -3.48. The van der Waals surface area contributed by atoms with Crippen molar-refractivity contribution in [2.24, 2.45) is 0 Å². The summed E-state index contributed by atoms with van der Waals surface area (Å²) in [5, 5.41) is 15.9. The van der Waals surface area contributed by atoms with Crippen LogP contribution in [0.4, 0.5) is 5.00 Å². The summed E-state index contributed by atoms with van der Waals surface area (Å²) in [6.45, 7) is 2.73. The molecule has 0 saturated heterocycles. The van der Waals surface area contributed by atoms with Crippen molar-refractivity contribution in [1.29, 1.82) is 0 Å². The van der Waals surface area contributed by atoms with Gasteiger partial charge >= 0.3 is 0 Å². The van der Waals surface area contributed by atoms with Crippen molar-refractivity contribution in [3.05, 3.63) is 106 Å². The van der Waals surface area contributed by atoms with E-state index in [4.69, 9.17) is 0 Å². The predicted molar refractivity (Wildman–Crippen MR) is 137 cm³/mol. The molecule has 4 aromatic rings. The number of hydrogen-bond donors (Lipinski definition) is 2. The molecule has 1 aliphatic rings. The van der Waals surface area contributed by atoms with E-state index >= 15 is 0 Å². The Morgan fingerprint density at radius 1 is 1.09 bits per heavy atom. The van der Waals surface area contributed by atoms with E-state index in [9.17, 15) is 9.90 Å². The van der Waals surface area contributed by atoms with Gasteiger partial charge in [-0.05, 0) is 46.9 Å². The molecule has 0 unspecified atom stereocenters. The number of anilines is 1. The first-order valence-electron chi connectivity index (χ1n) is 11.4. The van der Waals surface area contributed by atoms with Crippen LogP contribution in [0.5, 0.6) is 0 Å². The lowest BCUT2D eigenvalue weighted by atomic mass is 10.0. The van der Waals surface area contributed by atoms with Gasteiger partial charge in [-0.25, -0.2) is 4.98 Å². The lowest BCUT2D eigenvalue weighted by Crippen LogP contribution is -2.33. The highest BCUT2D eigenvalue weighted by atomic mass is 32.1. The predicted octanol–water partition coefficient (Wildman–Crippen LogP) is 5.14. The molecule has 2 atom stereocenters. The average molecular weight is 470 g/mol. The molecule has 5 nitrogen and oxygen atoms in total. The number of benzene rings is 3. The maximum atomic E-state index is 13.0. The fourth-order valence-corrected chi connectivity index (χ4v) is 5.22. The van der Waals surface area contributed by atoms with Crippen LogP contribution in [0.15, 0.2) is 79.0 Å². The van der Waals surface area contributed by atoms with Gasteiger partial charge in [-0.1, -0.05) is 60.7 Å². The van der Waals surface area contributed by atoms with Crippen molar-refractivity contribution < 1.29 is 9.90 Å². The van der Waals surface area contributed by atoms with Crippen LogP contribution in [0.2, 0.25) is 0 Å². The summed E-state index contributed by atoms with van der Waals surface area (Å²) in [6, 6.07) is 23.5. The molecule has 0 fully saturated rings. The van der Waals surface area contributed by atoms with E-state index in [2.05, 4.69) is 33.4 Å². The van der Waals surface area contributed by atoms with E-state index in [0.29, 0.717) is 12.0 Å². The van der Waals surface area contributed by atoms with E-state index in [1.807, 2.05) is 74.8 Å². The van der Waals surface area contributed by atoms with Crippen LogP contribution in [-0.2, 0) is 13.0 Å². The number of nitrogens with one attached hydrogen (secondary N) is 1. The minimum atomic E-state index is -0.639. The van der Waals surface area contributed by atoms with E-state index in [1.54, 1.807) is 11.3 Å². The average Bonchev–Trinajstić information content (AvgIpc) is 3.42. The Balaban J connectivity index is 1.31. The minimum Gasteiger partial charge on any atom is -0.390 e. The zero-order valence-electron chi connectivity index (χ0n) is 19.2. The van der Waals surface area contributed by atoms with E-state index < -0.39 is 12.1 Å². The smallest absolute Gasteiger partial charge is 0.251 e. The molecule has 1 aliphatic carbocycles. The number of hydrogen-bond acceptors (Lipinski definition) is 5. The largest absolute Gasteiger partial charge is 0.390 e. The fraction of sp³-hybridized carbons (Fsp3) is 0.214. The summed E-state index contributed by atoms with van der Waals surface area (Å²) >= 11 is 1.66. The van der Waals surface area contributed by atoms with Gasteiger partial charge in [0.15, 0.2) is 0 Å². The van der Waals surface area contributed by atoms with Gasteiger partial charge in [0.25, 0.3) is 5.91 Å². The van der Waals surface area contributed by atoms with Gasteiger partial charge in [0.1, 0.15) is 5.00 Å². The molecule has 0 saturated carbocycles. The van der Waals surface area contributed by atoms with Crippen LogP contribution in [0.25, 0.3) is 11.1 Å². The summed E-state index contributed by atoms with van der Waals surface area (Å²) in [5.41, 5.74) is 5.96. The van der Waals surface area contributed by atoms with Gasteiger partial charge in [-0.2, -0.15) is 0 Å². The van der Waals surface area contributed by atoms with Crippen LogP contribution in [-0.4, -0.2) is 29.1 Å². The van der Waals surface area contributed by atoms with Crippen LogP contribution in [0.3, 0.4) is 0 Å². The molecule has 34 heavy (non-hydrogen) atoms. The Morgan fingerprint density at radius 2 is 1.82 bits per heavy atom. The van der Waals surface area contributed by atoms with Crippen molar-refractivity contribution in [2.45, 2.75) is 32.0 Å². The number of carbonyl (C=O) groups is 1. The number of aromatic nitrogens is 1. The van der Waals surface area contributed by atoms with Gasteiger partial charge < -0.3 is 15.3 Å². The molecule has 2 N–H and O–H groups in total. The zero-order chi connectivity index (χ0) is 23.7. The summed E-state index contributed by atoms with van der Waals surface area (Å²) in [4.78, 5) is 19.5. The highest BCUT2D eigenvalue weighted by molar-refractivity contribution is 7.15. The maximum absolute atomic E-state index is 13.0. The fourth-order valence-electron chi connectivity index (χ4n) is 4.49. The third kappa shape index (κ3) is 4.60. The van der Waals surface area contributed by atoms with Crippen molar-refractivity contribution >= 4 is 22.2 Å². The lowest BCUT2D eigenvalue weighted by molar-refractivity contribution is 0.0858. The number of carbonyl (C=O) groups excluding carboxylic acids is 1. The standard InChI is InChI=1S/C28H27N3O2S/c1-18-29-16-26(34-18)31(2)17-19-8-9-23-15-25(32)27(24(23)14-19)30-28(33)22-12-10-21(11-13-22)20-6-4-3-5-7-20/h3-14,16,25,27,32H,15,17H2,1-2H3,(H,30,33)/t25-,27-/m1/s1. The molecule has 6 heteroatoms. The van der Waals surface area contributed by atoms with E-state index in [-0.39, 0.29) is 5.91 Å². The number of nitrogens with zero attached hydrogens (tertiary/aromatic N) is 2. The molecule has 3 aromatic carbocycles. The Kier molecular flexibility index (Phi) is 6.18. The number of rotatable bonds is 6. The summed E-state index contributed by atoms with van der Waals surface area (Å²) < 4.78 is 0. The number of amides is 1. The molecule has 0 bridgehead atoms. The molecule has 0 spiro atoms. The SMILES string of the molecule is Cc1ncc(N(C)Cc2ccc3c(c2)[C@@H](NC(=O)c2ccc(-c4ccccc4)cc2)[C@H](O)C3)s1. The summed E-state index contributed by atoms with van der Waals surface area (Å²) in [5.74, 6) is -0.181. The monoisotopic (exact) mass is 469 g/mol. The van der Waals surface area contributed by atoms with Crippen LogP contribution >= 0.6 is 11.3 Å². The molecule has 172 valence electrons. The van der Waals surface area contributed by atoms with Gasteiger partial charge in [0, 0.05) is 25.6 Å². The Labute approximate surface area is 203 Å². The van der Waals surface area contributed by atoms with Gasteiger partial charge in [0.2, 0.25) is 0 Å². The lowest BCUT2D eigenvalue weighted by Gasteiger charge is -2.20. The van der Waals surface area contributed by atoms with E-state index in [0.717, 1.165) is 44.4 Å². The number of fused-ring (bicyclic) bond motifs is 1. The second-order valence-corrected chi connectivity index (χ2v) is 9.99. The summed E-state index contributed by atoms with van der Waals surface area (Å²) in [6.07, 6.45) is 1.79. The first kappa shape index (κ1) is 22.3. The maximum Gasteiger partial charge on any atom is 0.251 e. The number of aliphatic hydroxyl groups excluding tert-OH is 1. The number of thiazole rings is 1. The highest BCUT2D eigenvalue weighted by Crippen LogP contribution is 2.33. The first-order chi connectivity index (χ1) is 16.5. The van der Waals surface area contributed by atoms with Crippen molar-refractivity contribution in [1.82, 2.24) is 10.3 Å². The van der Waals surface area contributed by atoms with Crippen molar-refractivity contribution in [3.8, 4) is 11.1 Å². The van der Waals surface area contributed by atoms with Crippen molar-refractivity contribution in [3.63, 3.8) is 0 Å². The normalized spacial score (nSPS) is 16.8. The molecular formula is C28H27N3O2S. The Morgan fingerprint density at radius 3 is 2.53 bits per heavy atom. The zero-order valence-corrected chi connectivity index (χ0v) is 20.0. The van der Waals surface area contributed by atoms with E-state index in [1.165, 1.54) is 0 Å². The molecule has 0 radical (unpaired) electrons. The van der Waals surface area contributed by atoms with Gasteiger partial charge in [0.05, 0.1) is 23.4 Å². The number of aryl methyl sites for hydroxylation is 1. The van der Waals surface area contributed by atoms with Crippen LogP contribution in [0.1, 0.15) is 38.1 Å². The second-order valence-electron chi connectivity index (χ2n) is 8.77. The molecular weight excluding hydrogens is 442 g/mol. The van der Waals surface area contributed by atoms with Gasteiger partial charge in [-0.15, -0.1) is 11.3 Å². The minimum absolute atomic E-state index is 0.181. The molecule has 1 aromatic heterocycles. The first-order valence-corrected chi connectivity index (χ1v) is 12.2. The Bertz CT molecular complexity index is 1300. The number of aliphatic hydroxyl groups is 1. The third-order valence-corrected chi connectivity index (χ3v) is 7.33. The molecule has 0 aliphatic heterocycles. The molecule has 1 heterocycles. The second kappa shape index (κ2) is 9.41. The summed E-state index contributed by atoms with van der Waals surface area (Å²) in [7, 11) is 2.05. The topological polar surface area (TPSA) is 65.5 Å². The highest BCUT2D eigenvalue weighted by Gasteiger charge is 2.32.